The van der Waals surface area contributed by atoms with Gasteiger partial charge in [0.15, 0.2) is 0 Å². The molecule has 0 aromatic carbocycles. The van der Waals surface area contributed by atoms with Gasteiger partial charge >= 0.3 is 0 Å². The molecular formula is CuFeNbTiZr. The molecule has 0 bridgehead atoms. The second-order valence-electron chi connectivity index (χ2n) is 0. The van der Waals surface area contributed by atoms with Crippen molar-refractivity contribution in [2.45, 2.75) is 0 Å². The summed E-state index contributed by atoms with van der Waals surface area (Å²) in [4.78, 5) is 0. The maximum absolute atomic E-state index is 0. The van der Waals surface area contributed by atoms with Crippen LogP contribution in [0.5, 0.6) is 0 Å². The maximum atomic E-state index is 0. The van der Waals surface area contributed by atoms with Crippen LogP contribution >= 0.6 is 0 Å². The summed E-state index contributed by atoms with van der Waals surface area (Å²) in [5, 5.41) is 0. The van der Waals surface area contributed by atoms with E-state index in [-0.39, 0.29) is 104 Å². The van der Waals surface area contributed by atoms with Crippen LogP contribution in [0.1, 0.15) is 0 Å². The SMILES string of the molecule is [Cu].[Fe].[Nb].[Ti].[Zr]. The predicted octanol–water partition coefficient (Wildman–Crippen LogP) is -0.0125. The number of hydrogen-bond donors (Lipinski definition) is 0. The van der Waals surface area contributed by atoms with Crippen LogP contribution in [0, 0.1) is 0 Å². The average Bonchev–Trinajstić information content (AvgIpc) is 0. The zero-order valence-electron chi connectivity index (χ0n) is 2.10. The molecule has 0 aromatic rings. The normalized spacial score (nSPS) is 0. The Morgan fingerprint density at radius 3 is 1.00 bits per heavy atom. The third kappa shape index (κ3) is 18.7. The molecule has 0 aliphatic heterocycles. The van der Waals surface area contributed by atoms with Crippen LogP contribution < -0.4 is 0 Å². The zero-order chi connectivity index (χ0) is 0. The topological polar surface area (TPSA) is 0 Å². The van der Waals surface area contributed by atoms with E-state index in [2.05, 4.69) is 0 Å². The van der Waals surface area contributed by atoms with Gasteiger partial charge in [0.1, 0.15) is 0 Å². The van der Waals surface area contributed by atoms with E-state index in [1.807, 2.05) is 0 Å². The number of hydrogen-bond acceptors (Lipinski definition) is 0. The van der Waals surface area contributed by atoms with Gasteiger partial charge in [-0.15, -0.1) is 0 Å². The predicted molar refractivity (Wildman–Crippen MR) is 0 cm³/mol. The van der Waals surface area contributed by atoms with Crippen molar-refractivity contribution in [1.29, 1.82) is 0 Å². The molecule has 0 aromatic heterocycles. The number of rotatable bonds is 0. The van der Waals surface area contributed by atoms with E-state index in [1.54, 1.807) is 0 Å². The summed E-state index contributed by atoms with van der Waals surface area (Å²) in [6.45, 7) is 0. The first-order chi connectivity index (χ1) is 0. The van der Waals surface area contributed by atoms with Crippen molar-refractivity contribution in [3.05, 3.63) is 0 Å². The van der Waals surface area contributed by atoms with Gasteiger partial charge in [0.2, 0.25) is 0 Å². The van der Waals surface area contributed by atoms with E-state index >= 15 is 0 Å². The van der Waals surface area contributed by atoms with Gasteiger partial charge in [-0.25, -0.2) is 0 Å². The summed E-state index contributed by atoms with van der Waals surface area (Å²) < 4.78 is 0. The van der Waals surface area contributed by atoms with E-state index < -0.39 is 0 Å². The fraction of sp³-hybridized carbons (Fsp3) is 0. The van der Waals surface area contributed by atoms with E-state index in [1.165, 1.54) is 0 Å². The van der Waals surface area contributed by atoms with Gasteiger partial charge in [-0.2, -0.15) is 0 Å². The van der Waals surface area contributed by atoms with Crippen molar-refractivity contribution in [2.24, 2.45) is 0 Å². The Hall–Kier alpha value is 3.38. The van der Waals surface area contributed by atoms with E-state index in [0.717, 1.165) is 0 Å². The summed E-state index contributed by atoms with van der Waals surface area (Å²) in [6.07, 6.45) is 0. The summed E-state index contributed by atoms with van der Waals surface area (Å²) in [6, 6.07) is 0. The van der Waals surface area contributed by atoms with E-state index in [9.17, 15) is 0 Å². The van der Waals surface area contributed by atoms with E-state index in [0.29, 0.717) is 0 Å². The van der Waals surface area contributed by atoms with Crippen LogP contribution in [0.25, 0.3) is 0 Å². The van der Waals surface area contributed by atoms with Crippen molar-refractivity contribution >= 4 is 0 Å². The second kappa shape index (κ2) is 26.3. The van der Waals surface area contributed by atoms with Crippen molar-refractivity contribution in [2.75, 3.05) is 0 Å². The Kier molecular flexibility index (Phi) is 210. The van der Waals surface area contributed by atoms with Gasteiger partial charge in [0, 0.05) is 104 Å². The first kappa shape index (κ1) is 40.0. The standard InChI is InChI=1S/Cu.Fe.Nb.Ti.Zr. The molecule has 0 saturated carbocycles. The first-order valence-electron chi connectivity index (χ1n) is 0. The summed E-state index contributed by atoms with van der Waals surface area (Å²) in [5.74, 6) is 0. The minimum absolute atomic E-state index is 0. The monoisotopic (exact) mass is 350 g/mol. The fourth-order valence-corrected chi connectivity index (χ4v) is 0. The Morgan fingerprint density at radius 2 is 1.00 bits per heavy atom. The van der Waals surface area contributed by atoms with Crippen LogP contribution in [0.4, 0.5) is 0 Å². The molecule has 0 fully saturated rings. The molecule has 0 unspecified atom stereocenters. The second-order valence-corrected chi connectivity index (χ2v) is 0. The van der Waals surface area contributed by atoms with Gasteiger partial charge in [0.25, 0.3) is 0 Å². The smallest absolute Gasteiger partial charge is 0 e. The molecule has 0 N–H and O–H groups in total. The van der Waals surface area contributed by atoms with Gasteiger partial charge in [-0.3, -0.25) is 0 Å². The molecule has 5 heteroatoms. The molecule has 0 aliphatic carbocycles. The molecule has 0 heterocycles. The fourth-order valence-electron chi connectivity index (χ4n) is 0. The summed E-state index contributed by atoms with van der Waals surface area (Å²) >= 11 is 0. The summed E-state index contributed by atoms with van der Waals surface area (Å²) in [7, 11) is 0. The van der Waals surface area contributed by atoms with Crippen molar-refractivity contribution in [3.63, 3.8) is 0 Å². The molecule has 0 amide bonds. The minimum atomic E-state index is 0. The Balaban J connectivity index is 0. The largest absolute Gasteiger partial charge is 0 e. The molecule has 0 rings (SSSR count). The molecule has 0 saturated heterocycles. The van der Waals surface area contributed by atoms with Crippen molar-refractivity contribution in [1.82, 2.24) is 0 Å². The van der Waals surface area contributed by atoms with Crippen molar-refractivity contribution < 1.29 is 104 Å². The van der Waals surface area contributed by atoms with E-state index in [4.69, 9.17) is 0 Å². The Labute approximate surface area is 102 Å². The van der Waals surface area contributed by atoms with Crippen LogP contribution in [-0.2, 0) is 104 Å². The van der Waals surface area contributed by atoms with Crippen LogP contribution in [0.3, 0.4) is 0 Å². The molecule has 5 heavy (non-hydrogen) atoms. The van der Waals surface area contributed by atoms with Crippen LogP contribution in [0.15, 0.2) is 0 Å². The molecular weight excluding hydrogens is 351 g/mol. The molecule has 0 atom stereocenters. The molecule has 32 valence electrons. The van der Waals surface area contributed by atoms with Gasteiger partial charge in [-0.05, 0) is 0 Å². The molecule has 0 aliphatic rings. The molecule has 0 spiro atoms. The third-order valence-electron chi connectivity index (χ3n) is 0. The van der Waals surface area contributed by atoms with Gasteiger partial charge in [-0.1, -0.05) is 0 Å². The first-order valence-corrected chi connectivity index (χ1v) is 0. The van der Waals surface area contributed by atoms with Gasteiger partial charge < -0.3 is 0 Å². The van der Waals surface area contributed by atoms with Crippen molar-refractivity contribution in [3.8, 4) is 0 Å². The van der Waals surface area contributed by atoms with Gasteiger partial charge in [0.05, 0.1) is 0 Å². The molecule has 0 nitrogen and oxygen atoms in total. The Morgan fingerprint density at radius 1 is 1.00 bits per heavy atom. The van der Waals surface area contributed by atoms with Crippen LogP contribution in [-0.4, -0.2) is 0 Å². The average molecular weight is 351 g/mol. The zero-order valence-corrected chi connectivity index (χ0v) is 10.4. The quantitative estimate of drug-likeness (QED) is 0.539. The Bertz CT molecular complexity index is 11.6. The third-order valence-corrected chi connectivity index (χ3v) is 0. The maximum Gasteiger partial charge on any atom is 0 e. The summed E-state index contributed by atoms with van der Waals surface area (Å²) in [5.41, 5.74) is 0. The molecule has 2 radical (unpaired) electrons. The van der Waals surface area contributed by atoms with Crippen LogP contribution in [0.2, 0.25) is 0 Å². The minimum Gasteiger partial charge on any atom is 0 e.